The van der Waals surface area contributed by atoms with Crippen LogP contribution in [0, 0.1) is 0 Å². The second-order valence-corrected chi connectivity index (χ2v) is 3.92. The predicted molar refractivity (Wildman–Crippen MR) is 54.9 cm³/mol. The number of nitrogens with zero attached hydrogens (tertiary/aromatic N) is 3. The number of hydrogen-bond donors (Lipinski definition) is 1. The summed E-state index contributed by atoms with van der Waals surface area (Å²) in [6, 6.07) is 0.520. The number of thioether (sulfide) groups is 1. The van der Waals surface area contributed by atoms with Gasteiger partial charge in [0.2, 0.25) is 0 Å². The Labute approximate surface area is 83.1 Å². The average molecular weight is 200 g/mol. The molecule has 1 N–H and O–H groups in total. The van der Waals surface area contributed by atoms with Crippen LogP contribution in [0.3, 0.4) is 0 Å². The van der Waals surface area contributed by atoms with Crippen LogP contribution in [0.15, 0.2) is 11.5 Å². The van der Waals surface area contributed by atoms with Crippen molar-refractivity contribution in [2.75, 3.05) is 12.3 Å². The molecule has 0 saturated carbocycles. The van der Waals surface area contributed by atoms with E-state index in [2.05, 4.69) is 29.2 Å². The molecular formula is C8H16N4S. The van der Waals surface area contributed by atoms with Gasteiger partial charge in [0, 0.05) is 18.8 Å². The van der Waals surface area contributed by atoms with Crippen LogP contribution in [0.25, 0.3) is 0 Å². The zero-order valence-corrected chi connectivity index (χ0v) is 9.14. The zero-order valence-electron chi connectivity index (χ0n) is 8.32. The molecule has 0 aliphatic heterocycles. The van der Waals surface area contributed by atoms with Crippen LogP contribution in [0.4, 0.5) is 0 Å². The Bertz CT molecular complexity index is 248. The van der Waals surface area contributed by atoms with Crippen molar-refractivity contribution in [1.82, 2.24) is 20.1 Å². The third-order valence-corrected chi connectivity index (χ3v) is 2.98. The lowest BCUT2D eigenvalue weighted by molar-refractivity contribution is 0.617. The summed E-state index contributed by atoms with van der Waals surface area (Å²) in [4.78, 5) is 4.13. The number of rotatable bonds is 5. The van der Waals surface area contributed by atoms with Crippen LogP contribution in [-0.4, -0.2) is 33.1 Å². The molecule has 0 aromatic carbocycles. The first-order chi connectivity index (χ1) is 6.24. The minimum Gasteiger partial charge on any atom is -0.314 e. The number of aromatic nitrogens is 3. The molecule has 0 fully saturated rings. The molecule has 1 unspecified atom stereocenters. The van der Waals surface area contributed by atoms with E-state index >= 15 is 0 Å². The van der Waals surface area contributed by atoms with Crippen LogP contribution in [0.1, 0.15) is 13.8 Å². The van der Waals surface area contributed by atoms with Gasteiger partial charge in [0.25, 0.3) is 0 Å². The highest BCUT2D eigenvalue weighted by molar-refractivity contribution is 7.99. The number of aryl methyl sites for hydroxylation is 1. The molecule has 4 nitrogen and oxygen atoms in total. The quantitative estimate of drug-likeness (QED) is 0.717. The third-order valence-electron chi connectivity index (χ3n) is 1.68. The van der Waals surface area contributed by atoms with Crippen LogP contribution < -0.4 is 5.32 Å². The second kappa shape index (κ2) is 5.24. The molecule has 1 atom stereocenters. The second-order valence-electron chi connectivity index (χ2n) is 2.94. The lowest BCUT2D eigenvalue weighted by Gasteiger charge is -2.10. The van der Waals surface area contributed by atoms with Crippen LogP contribution in [0.5, 0.6) is 0 Å². The molecule has 1 rings (SSSR count). The van der Waals surface area contributed by atoms with Crippen LogP contribution in [0.2, 0.25) is 0 Å². The summed E-state index contributed by atoms with van der Waals surface area (Å²) in [6.07, 6.45) is 1.58. The number of hydrogen-bond acceptors (Lipinski definition) is 4. The standard InChI is InChI=1S/C8H16N4S/c1-4-9-7(2)5-13-8-10-6-11-12(8)3/h6-7,9H,4-5H2,1-3H3. The summed E-state index contributed by atoms with van der Waals surface area (Å²) in [5, 5.41) is 8.33. The SMILES string of the molecule is CCNC(C)CSc1ncnn1C. The fourth-order valence-corrected chi connectivity index (χ4v) is 1.90. The van der Waals surface area contributed by atoms with Gasteiger partial charge in [-0.1, -0.05) is 18.7 Å². The smallest absolute Gasteiger partial charge is 0.185 e. The first kappa shape index (κ1) is 10.5. The van der Waals surface area contributed by atoms with Crippen molar-refractivity contribution in [2.45, 2.75) is 25.0 Å². The molecule has 5 heteroatoms. The van der Waals surface area contributed by atoms with E-state index < -0.39 is 0 Å². The van der Waals surface area contributed by atoms with E-state index in [-0.39, 0.29) is 0 Å². The highest BCUT2D eigenvalue weighted by Gasteiger charge is 2.04. The topological polar surface area (TPSA) is 42.7 Å². The Kier molecular flexibility index (Phi) is 4.24. The van der Waals surface area contributed by atoms with E-state index in [0.29, 0.717) is 6.04 Å². The highest BCUT2D eigenvalue weighted by atomic mass is 32.2. The predicted octanol–water partition coefficient (Wildman–Crippen LogP) is 0.905. The summed E-state index contributed by atoms with van der Waals surface area (Å²) in [6.45, 7) is 5.30. The van der Waals surface area contributed by atoms with Crippen molar-refractivity contribution in [2.24, 2.45) is 7.05 Å². The largest absolute Gasteiger partial charge is 0.314 e. The van der Waals surface area contributed by atoms with Gasteiger partial charge in [-0.3, -0.25) is 0 Å². The summed E-state index contributed by atoms with van der Waals surface area (Å²) in [7, 11) is 1.91. The molecule has 0 radical (unpaired) electrons. The lowest BCUT2D eigenvalue weighted by atomic mass is 10.4. The first-order valence-electron chi connectivity index (χ1n) is 4.44. The minimum absolute atomic E-state index is 0.520. The molecule has 1 aromatic rings. The molecule has 0 aliphatic rings. The lowest BCUT2D eigenvalue weighted by Crippen LogP contribution is -2.27. The molecule has 74 valence electrons. The Balaban J connectivity index is 2.30. The van der Waals surface area contributed by atoms with Gasteiger partial charge in [0.15, 0.2) is 5.16 Å². The molecule has 0 amide bonds. The summed E-state index contributed by atoms with van der Waals surface area (Å²) >= 11 is 1.73. The average Bonchev–Trinajstić information content (AvgIpc) is 2.48. The van der Waals surface area contributed by atoms with Gasteiger partial charge in [0.05, 0.1) is 0 Å². The van der Waals surface area contributed by atoms with Crippen molar-refractivity contribution in [3.8, 4) is 0 Å². The van der Waals surface area contributed by atoms with E-state index in [9.17, 15) is 0 Å². The number of nitrogens with one attached hydrogen (secondary N) is 1. The Hall–Kier alpha value is -0.550. The van der Waals surface area contributed by atoms with Crippen molar-refractivity contribution in [1.29, 1.82) is 0 Å². The zero-order chi connectivity index (χ0) is 9.68. The molecule has 1 aromatic heterocycles. The van der Waals surface area contributed by atoms with Gasteiger partial charge in [-0.15, -0.1) is 0 Å². The molecular weight excluding hydrogens is 184 g/mol. The Morgan fingerprint density at radius 2 is 2.46 bits per heavy atom. The van der Waals surface area contributed by atoms with Crippen molar-refractivity contribution >= 4 is 11.8 Å². The normalized spacial score (nSPS) is 13.2. The van der Waals surface area contributed by atoms with Gasteiger partial charge >= 0.3 is 0 Å². The van der Waals surface area contributed by atoms with E-state index in [4.69, 9.17) is 0 Å². The fraction of sp³-hybridized carbons (Fsp3) is 0.750. The first-order valence-corrected chi connectivity index (χ1v) is 5.42. The van der Waals surface area contributed by atoms with Crippen molar-refractivity contribution in [3.05, 3.63) is 6.33 Å². The Morgan fingerprint density at radius 1 is 1.69 bits per heavy atom. The third kappa shape index (κ3) is 3.36. The minimum atomic E-state index is 0.520. The summed E-state index contributed by atoms with van der Waals surface area (Å²) < 4.78 is 1.79. The van der Waals surface area contributed by atoms with Gasteiger partial charge in [0.1, 0.15) is 6.33 Å². The molecule has 0 bridgehead atoms. The van der Waals surface area contributed by atoms with E-state index in [1.165, 1.54) is 0 Å². The van der Waals surface area contributed by atoms with E-state index in [1.807, 2.05) is 7.05 Å². The van der Waals surface area contributed by atoms with Crippen LogP contribution in [-0.2, 0) is 7.05 Å². The maximum Gasteiger partial charge on any atom is 0.185 e. The van der Waals surface area contributed by atoms with Gasteiger partial charge in [-0.05, 0) is 13.5 Å². The maximum atomic E-state index is 4.13. The van der Waals surface area contributed by atoms with Crippen molar-refractivity contribution in [3.63, 3.8) is 0 Å². The molecule has 13 heavy (non-hydrogen) atoms. The van der Waals surface area contributed by atoms with Gasteiger partial charge < -0.3 is 5.32 Å². The van der Waals surface area contributed by atoms with Gasteiger partial charge in [-0.2, -0.15) is 5.10 Å². The maximum absolute atomic E-state index is 4.13. The molecule has 0 saturated heterocycles. The van der Waals surface area contributed by atoms with Crippen molar-refractivity contribution < 1.29 is 0 Å². The summed E-state index contributed by atoms with van der Waals surface area (Å²) in [5.74, 6) is 1.03. The van der Waals surface area contributed by atoms with Crippen LogP contribution >= 0.6 is 11.8 Å². The monoisotopic (exact) mass is 200 g/mol. The van der Waals surface area contributed by atoms with Gasteiger partial charge in [-0.25, -0.2) is 9.67 Å². The molecule has 1 heterocycles. The van der Waals surface area contributed by atoms with E-state index in [0.717, 1.165) is 17.5 Å². The molecule has 0 spiro atoms. The summed E-state index contributed by atoms with van der Waals surface area (Å²) in [5.41, 5.74) is 0. The molecule has 0 aliphatic carbocycles. The fourth-order valence-electron chi connectivity index (χ4n) is 1.02. The van der Waals surface area contributed by atoms with E-state index in [1.54, 1.807) is 22.8 Å². The highest BCUT2D eigenvalue weighted by Crippen LogP contribution is 2.13. The Morgan fingerprint density at radius 3 is 3.00 bits per heavy atom.